The van der Waals surface area contributed by atoms with Crippen LogP contribution >= 0.6 is 0 Å². The summed E-state index contributed by atoms with van der Waals surface area (Å²) in [5, 5.41) is 2.53. The number of fused-ring (bicyclic) bond motifs is 1. The molecule has 0 bridgehead atoms. The lowest BCUT2D eigenvalue weighted by Gasteiger charge is -2.24. The molecule has 3 aliphatic rings. The molecular formula is C21H24N2O6S. The van der Waals surface area contributed by atoms with Gasteiger partial charge in [-0.25, -0.2) is 8.42 Å². The molecule has 5 rings (SSSR count). The maximum Gasteiger partial charge on any atom is 0.291 e. The zero-order valence-corrected chi connectivity index (χ0v) is 17.4. The van der Waals surface area contributed by atoms with Crippen molar-refractivity contribution in [2.45, 2.75) is 55.8 Å². The molecule has 1 spiro atoms. The smallest absolute Gasteiger partial charge is 0.291 e. The number of piperidine rings is 1. The molecule has 1 amide bonds. The van der Waals surface area contributed by atoms with Gasteiger partial charge in [-0.05, 0) is 49.9 Å². The van der Waals surface area contributed by atoms with Crippen molar-refractivity contribution in [1.82, 2.24) is 4.31 Å². The van der Waals surface area contributed by atoms with E-state index in [4.69, 9.17) is 13.9 Å². The average Bonchev–Trinajstić information content (AvgIpc) is 3.48. The molecule has 1 aromatic heterocycles. The van der Waals surface area contributed by atoms with Gasteiger partial charge in [0.1, 0.15) is 0 Å². The average molecular weight is 432 g/mol. The van der Waals surface area contributed by atoms with Crippen LogP contribution in [0, 0.1) is 0 Å². The number of hydrogen-bond donors (Lipinski definition) is 1. The second-order valence-corrected chi connectivity index (χ2v) is 9.89. The van der Waals surface area contributed by atoms with Crippen LogP contribution in [0.2, 0.25) is 0 Å². The minimum atomic E-state index is -3.72. The quantitative estimate of drug-likeness (QED) is 0.790. The Morgan fingerprint density at radius 3 is 2.43 bits per heavy atom. The van der Waals surface area contributed by atoms with Gasteiger partial charge in [0.25, 0.3) is 21.7 Å². The lowest BCUT2D eigenvalue weighted by molar-refractivity contribution is -0.0716. The van der Waals surface area contributed by atoms with Gasteiger partial charge >= 0.3 is 0 Å². The molecule has 1 aromatic carbocycles. The third kappa shape index (κ3) is 3.45. The first kappa shape index (κ1) is 19.4. The summed E-state index contributed by atoms with van der Waals surface area (Å²) in [7, 11) is -3.72. The van der Waals surface area contributed by atoms with E-state index in [0.29, 0.717) is 30.3 Å². The van der Waals surface area contributed by atoms with Gasteiger partial charge in [-0.15, -0.1) is 0 Å². The summed E-state index contributed by atoms with van der Waals surface area (Å²) in [6.45, 7) is 0.951. The predicted molar refractivity (Wildman–Crippen MR) is 108 cm³/mol. The molecule has 2 aromatic rings. The third-order valence-corrected chi connectivity index (χ3v) is 7.65. The van der Waals surface area contributed by atoms with Crippen LogP contribution in [0.4, 0.5) is 5.69 Å². The Kier molecular flexibility index (Phi) is 4.74. The molecule has 9 heteroatoms. The van der Waals surface area contributed by atoms with Crippen molar-refractivity contribution >= 4 is 21.6 Å². The first-order chi connectivity index (χ1) is 14.5. The highest BCUT2D eigenvalue weighted by Gasteiger charge is 2.44. The minimum Gasteiger partial charge on any atom is -0.448 e. The number of furan rings is 1. The van der Waals surface area contributed by atoms with Gasteiger partial charge in [0.15, 0.2) is 17.3 Å². The number of ether oxygens (including phenoxy) is 2. The Hall–Kier alpha value is -2.52. The number of hydrogen-bond acceptors (Lipinski definition) is 6. The van der Waals surface area contributed by atoms with E-state index in [9.17, 15) is 13.2 Å². The van der Waals surface area contributed by atoms with Gasteiger partial charge < -0.3 is 19.2 Å². The van der Waals surface area contributed by atoms with Gasteiger partial charge in [0.2, 0.25) is 5.09 Å². The second-order valence-electron chi connectivity index (χ2n) is 8.02. The van der Waals surface area contributed by atoms with Gasteiger partial charge in [-0.2, -0.15) is 4.31 Å². The summed E-state index contributed by atoms with van der Waals surface area (Å²) >= 11 is 0. The van der Waals surface area contributed by atoms with Crippen LogP contribution in [0.5, 0.6) is 11.5 Å². The van der Waals surface area contributed by atoms with Crippen molar-refractivity contribution < 1.29 is 27.1 Å². The fraction of sp³-hybridized carbons (Fsp3) is 0.476. The Morgan fingerprint density at radius 2 is 1.67 bits per heavy atom. The molecule has 2 fully saturated rings. The van der Waals surface area contributed by atoms with Crippen LogP contribution in [0.1, 0.15) is 55.5 Å². The van der Waals surface area contributed by atoms with Crippen LogP contribution in [0.25, 0.3) is 0 Å². The van der Waals surface area contributed by atoms with E-state index in [1.165, 1.54) is 16.4 Å². The maximum atomic E-state index is 12.7. The van der Waals surface area contributed by atoms with Crippen LogP contribution < -0.4 is 14.8 Å². The Morgan fingerprint density at radius 1 is 0.933 bits per heavy atom. The molecule has 8 nitrogen and oxygen atoms in total. The molecule has 1 saturated carbocycles. The molecule has 0 radical (unpaired) electrons. The molecule has 2 aliphatic heterocycles. The number of rotatable bonds is 4. The van der Waals surface area contributed by atoms with E-state index in [0.717, 1.165) is 44.9 Å². The second kappa shape index (κ2) is 7.31. The topological polar surface area (TPSA) is 98.1 Å². The van der Waals surface area contributed by atoms with Gasteiger partial charge in [-0.1, -0.05) is 6.42 Å². The first-order valence-corrected chi connectivity index (χ1v) is 11.8. The predicted octanol–water partition coefficient (Wildman–Crippen LogP) is 3.75. The van der Waals surface area contributed by atoms with E-state index < -0.39 is 21.7 Å². The van der Waals surface area contributed by atoms with Crippen LogP contribution in [-0.4, -0.2) is 37.5 Å². The number of benzene rings is 1. The standard InChI is InChI=1S/C21H24N2O6S/c24-20(17-8-9-19(27-17)30(25,26)23-12-4-1-5-13-23)22-15-6-7-16-18(14-15)29-21(28-16)10-2-3-11-21/h6-9,14H,1-5,10-13H2,(H,22,24). The summed E-state index contributed by atoms with van der Waals surface area (Å²) in [5.74, 6) is 0.120. The molecule has 1 saturated heterocycles. The van der Waals surface area contributed by atoms with Crippen molar-refractivity contribution in [2.75, 3.05) is 18.4 Å². The summed E-state index contributed by atoms with van der Waals surface area (Å²) in [5.41, 5.74) is 0.522. The Labute approximate surface area is 175 Å². The number of nitrogens with one attached hydrogen (secondary N) is 1. The van der Waals surface area contributed by atoms with Gasteiger partial charge in [0, 0.05) is 37.7 Å². The molecule has 1 aliphatic carbocycles. The molecular weight excluding hydrogens is 408 g/mol. The van der Waals surface area contributed by atoms with Crippen molar-refractivity contribution in [1.29, 1.82) is 0 Å². The van der Waals surface area contributed by atoms with Gasteiger partial charge in [-0.3, -0.25) is 4.79 Å². The van der Waals surface area contributed by atoms with E-state index in [2.05, 4.69) is 5.32 Å². The monoisotopic (exact) mass is 432 g/mol. The Balaban J connectivity index is 1.29. The molecule has 1 N–H and O–H groups in total. The largest absolute Gasteiger partial charge is 0.448 e. The molecule has 3 heterocycles. The first-order valence-electron chi connectivity index (χ1n) is 10.4. The molecule has 30 heavy (non-hydrogen) atoms. The zero-order chi connectivity index (χ0) is 20.8. The fourth-order valence-corrected chi connectivity index (χ4v) is 5.72. The fourth-order valence-electron chi connectivity index (χ4n) is 4.30. The number of amides is 1. The van der Waals surface area contributed by atoms with Crippen molar-refractivity contribution in [3.05, 3.63) is 36.1 Å². The van der Waals surface area contributed by atoms with Crippen LogP contribution in [0.15, 0.2) is 39.8 Å². The third-order valence-electron chi connectivity index (χ3n) is 5.87. The summed E-state index contributed by atoms with van der Waals surface area (Å²) in [4.78, 5) is 12.6. The zero-order valence-electron chi connectivity index (χ0n) is 16.6. The number of nitrogens with zero attached hydrogens (tertiary/aromatic N) is 1. The number of anilines is 1. The molecule has 0 atom stereocenters. The van der Waals surface area contributed by atoms with E-state index in [1.807, 2.05) is 0 Å². The summed E-state index contributed by atoms with van der Waals surface area (Å²) in [6.07, 6.45) is 6.53. The van der Waals surface area contributed by atoms with Crippen molar-refractivity contribution in [3.63, 3.8) is 0 Å². The van der Waals surface area contributed by atoms with E-state index in [-0.39, 0.29) is 10.9 Å². The maximum absolute atomic E-state index is 12.7. The van der Waals surface area contributed by atoms with Crippen molar-refractivity contribution in [2.24, 2.45) is 0 Å². The van der Waals surface area contributed by atoms with Crippen LogP contribution in [0.3, 0.4) is 0 Å². The molecule has 160 valence electrons. The highest BCUT2D eigenvalue weighted by molar-refractivity contribution is 7.89. The lowest BCUT2D eigenvalue weighted by atomic mass is 10.2. The highest BCUT2D eigenvalue weighted by atomic mass is 32.2. The van der Waals surface area contributed by atoms with E-state index >= 15 is 0 Å². The van der Waals surface area contributed by atoms with Crippen molar-refractivity contribution in [3.8, 4) is 11.5 Å². The highest BCUT2D eigenvalue weighted by Crippen LogP contribution is 2.47. The SMILES string of the molecule is O=C(Nc1ccc2c(c1)OC1(CCCC1)O2)c1ccc(S(=O)(=O)N2CCCCC2)o1. The number of sulfonamides is 1. The van der Waals surface area contributed by atoms with Crippen LogP contribution in [-0.2, 0) is 10.0 Å². The summed E-state index contributed by atoms with van der Waals surface area (Å²) in [6, 6.07) is 7.93. The number of carbonyl (C=O) groups is 1. The molecule has 0 unspecified atom stereocenters. The Bertz CT molecular complexity index is 1060. The number of carbonyl (C=O) groups excluding carboxylic acids is 1. The van der Waals surface area contributed by atoms with E-state index in [1.54, 1.807) is 18.2 Å². The normalized spacial score (nSPS) is 20.5. The minimum absolute atomic E-state index is 0.0597. The lowest BCUT2D eigenvalue weighted by Crippen LogP contribution is -2.35. The van der Waals surface area contributed by atoms with Gasteiger partial charge in [0.05, 0.1) is 0 Å². The summed E-state index contributed by atoms with van der Waals surface area (Å²) < 4.78 is 44.2.